The minimum absolute atomic E-state index is 0.0195. The van der Waals surface area contributed by atoms with Gasteiger partial charge in [0.25, 0.3) is 16.0 Å². The zero-order chi connectivity index (χ0) is 36.7. The molecule has 2 aromatic heterocycles. The highest BCUT2D eigenvalue weighted by molar-refractivity contribution is 7.85. The molecule has 2 fully saturated rings. The Morgan fingerprint density at radius 3 is 2.37 bits per heavy atom. The maximum atomic E-state index is 14.3. The lowest BCUT2D eigenvalue weighted by atomic mass is 9.85. The highest BCUT2D eigenvalue weighted by Gasteiger charge is 2.31. The number of benzene rings is 2. The summed E-state index contributed by atoms with van der Waals surface area (Å²) in [4.78, 5) is 28.8. The molecule has 2 aromatic carbocycles. The molecule has 6 rings (SSSR count). The summed E-state index contributed by atoms with van der Waals surface area (Å²) < 4.78 is 74.0. The predicted molar refractivity (Wildman–Crippen MR) is 181 cm³/mol. The van der Waals surface area contributed by atoms with Gasteiger partial charge in [0.05, 0.1) is 22.7 Å². The van der Waals surface area contributed by atoms with Gasteiger partial charge >= 0.3 is 6.09 Å². The van der Waals surface area contributed by atoms with Gasteiger partial charge < -0.3 is 29.5 Å². The second-order valence-corrected chi connectivity index (χ2v) is 14.1. The summed E-state index contributed by atoms with van der Waals surface area (Å²) in [6.45, 7) is 7.75. The van der Waals surface area contributed by atoms with Crippen molar-refractivity contribution in [2.24, 2.45) is 5.73 Å². The van der Waals surface area contributed by atoms with Gasteiger partial charge in [-0.3, -0.25) is 4.55 Å². The van der Waals surface area contributed by atoms with E-state index in [1.807, 2.05) is 25.7 Å². The number of rotatable bonds is 8. The van der Waals surface area contributed by atoms with E-state index in [-0.39, 0.29) is 35.7 Å². The van der Waals surface area contributed by atoms with E-state index in [4.69, 9.17) is 24.3 Å². The van der Waals surface area contributed by atoms with E-state index in [9.17, 15) is 22.0 Å². The molecule has 2 aliphatic rings. The van der Waals surface area contributed by atoms with Crippen LogP contribution in [-0.4, -0.2) is 88.5 Å². The Labute approximate surface area is 294 Å². The van der Waals surface area contributed by atoms with E-state index in [1.165, 1.54) is 18.2 Å². The molecule has 0 radical (unpaired) electrons. The van der Waals surface area contributed by atoms with Crippen LogP contribution in [0.25, 0.3) is 11.4 Å². The van der Waals surface area contributed by atoms with Crippen LogP contribution in [-0.2, 0) is 26.2 Å². The van der Waals surface area contributed by atoms with Crippen molar-refractivity contribution in [3.8, 4) is 11.4 Å². The number of aryl methyl sites for hydroxylation is 1. The third kappa shape index (κ3) is 10.2. The number of anilines is 1. The van der Waals surface area contributed by atoms with E-state index in [1.54, 1.807) is 29.4 Å². The Kier molecular flexibility index (Phi) is 12.3. The third-order valence-corrected chi connectivity index (χ3v) is 9.33. The largest absolute Gasteiger partial charge is 0.447 e. The lowest BCUT2D eigenvalue weighted by Crippen LogP contribution is -2.48. The number of carbonyl (C=O) groups excluding carboxylic acids is 1. The van der Waals surface area contributed by atoms with Gasteiger partial charge in [-0.1, -0.05) is 22.9 Å². The summed E-state index contributed by atoms with van der Waals surface area (Å²) in [6, 6.07) is 9.04. The summed E-state index contributed by atoms with van der Waals surface area (Å²) in [7, 11) is -4.02. The second-order valence-electron chi connectivity index (χ2n) is 12.7. The summed E-state index contributed by atoms with van der Waals surface area (Å²) in [5.41, 5.74) is 8.19. The van der Waals surface area contributed by atoms with Gasteiger partial charge in [-0.05, 0) is 75.9 Å². The Morgan fingerprint density at radius 1 is 1.06 bits per heavy atom. The highest BCUT2D eigenvalue weighted by Crippen LogP contribution is 2.31. The van der Waals surface area contributed by atoms with E-state index in [0.29, 0.717) is 74.2 Å². The predicted octanol–water partition coefficient (Wildman–Crippen LogP) is 4.89. The maximum absolute atomic E-state index is 14.3. The summed E-state index contributed by atoms with van der Waals surface area (Å²) >= 11 is 0. The average Bonchev–Trinajstić information content (AvgIpc) is 3.58. The number of ether oxygens (including phenoxy) is 2. The number of halogens is 2. The molecule has 2 aliphatic heterocycles. The number of likely N-dealkylation sites (tertiary alicyclic amines) is 1. The lowest BCUT2D eigenvalue weighted by molar-refractivity contribution is -0.0147. The molecule has 0 unspecified atom stereocenters. The average molecular weight is 730 g/mol. The standard InChI is InChI=1S/C27H33F2N7O4.C7H8O3S/c1-16(2)39-27(37)35-8-5-19(6-9-35)38-15-24-33-25(34-40-24)17-12-31-26(32-13-17)36-10-7-20(23(30)14-36)21-11-18(28)3-4-22(21)29;1-6-2-4-7(5-3-6)11(8,9)10/h3-4,11-13,16,19-20,23H,5-10,14-15,30H2,1-2H3;2-5H,1H3,(H,8,9,10)/t20-,23+;/m1./s1. The third-order valence-electron chi connectivity index (χ3n) is 8.46. The van der Waals surface area contributed by atoms with E-state index in [2.05, 4.69) is 20.1 Å². The topological polar surface area (TPSA) is 187 Å². The summed E-state index contributed by atoms with van der Waals surface area (Å²) in [5, 5.41) is 4.01. The van der Waals surface area contributed by atoms with Gasteiger partial charge in [0, 0.05) is 50.5 Å². The summed E-state index contributed by atoms with van der Waals surface area (Å²) in [5.74, 6) is -0.0676. The zero-order valence-corrected chi connectivity index (χ0v) is 29.3. The molecule has 0 saturated carbocycles. The van der Waals surface area contributed by atoms with Crippen molar-refractivity contribution < 1.29 is 40.5 Å². The lowest BCUT2D eigenvalue weighted by Gasteiger charge is -2.37. The van der Waals surface area contributed by atoms with Gasteiger partial charge in [-0.15, -0.1) is 0 Å². The van der Waals surface area contributed by atoms with Gasteiger partial charge in [-0.25, -0.2) is 23.5 Å². The number of nitrogens with zero attached hydrogens (tertiary/aromatic N) is 6. The second kappa shape index (κ2) is 16.6. The molecule has 2 saturated heterocycles. The molecule has 1 amide bonds. The number of aromatic nitrogens is 4. The van der Waals surface area contributed by atoms with Crippen molar-refractivity contribution in [3.05, 3.63) is 83.5 Å². The Bertz CT molecular complexity index is 1870. The van der Waals surface area contributed by atoms with Crippen molar-refractivity contribution in [2.75, 3.05) is 31.1 Å². The first-order valence-corrected chi connectivity index (χ1v) is 17.9. The number of piperidine rings is 2. The monoisotopic (exact) mass is 729 g/mol. The van der Waals surface area contributed by atoms with Crippen molar-refractivity contribution in [3.63, 3.8) is 0 Å². The van der Waals surface area contributed by atoms with Crippen LogP contribution in [0.15, 0.2) is 64.3 Å². The fourth-order valence-electron chi connectivity index (χ4n) is 5.76. The number of nitrogens with two attached hydrogens (primary N) is 1. The normalized spacial score (nSPS) is 18.4. The van der Waals surface area contributed by atoms with Crippen LogP contribution in [0, 0.1) is 18.6 Å². The van der Waals surface area contributed by atoms with Gasteiger partial charge in [0.1, 0.15) is 18.2 Å². The molecule has 4 heterocycles. The van der Waals surface area contributed by atoms with Crippen LogP contribution in [0.2, 0.25) is 0 Å². The van der Waals surface area contributed by atoms with E-state index in [0.717, 1.165) is 17.7 Å². The van der Waals surface area contributed by atoms with Crippen molar-refractivity contribution in [1.29, 1.82) is 0 Å². The van der Waals surface area contributed by atoms with Crippen molar-refractivity contribution in [1.82, 2.24) is 25.0 Å². The van der Waals surface area contributed by atoms with Gasteiger partial charge in [0.2, 0.25) is 11.8 Å². The first-order valence-electron chi connectivity index (χ1n) is 16.5. The summed E-state index contributed by atoms with van der Waals surface area (Å²) in [6.07, 6.45) is 4.68. The Morgan fingerprint density at radius 2 is 1.75 bits per heavy atom. The fourth-order valence-corrected chi connectivity index (χ4v) is 6.24. The van der Waals surface area contributed by atoms with Crippen LogP contribution in [0.5, 0.6) is 0 Å². The first-order chi connectivity index (χ1) is 24.3. The van der Waals surface area contributed by atoms with Crippen LogP contribution < -0.4 is 10.6 Å². The molecular weight excluding hydrogens is 688 g/mol. The molecule has 17 heteroatoms. The number of carbonyl (C=O) groups is 1. The molecule has 4 aromatic rings. The minimum Gasteiger partial charge on any atom is -0.447 e. The molecule has 0 bridgehead atoms. The quantitative estimate of drug-likeness (QED) is 0.234. The van der Waals surface area contributed by atoms with Crippen LogP contribution >= 0.6 is 0 Å². The zero-order valence-electron chi connectivity index (χ0n) is 28.5. The smallest absolute Gasteiger partial charge is 0.410 e. The molecular formula is C34H41F2N7O7S. The SMILES string of the molecule is CC(C)OC(=O)N1CCC(OCc2nc(-c3cnc(N4CC[C@H](c5cc(F)ccc5F)[C@@H](N)C4)nc3)no2)CC1.Cc1ccc(S(=O)(=O)O)cc1. The van der Waals surface area contributed by atoms with E-state index < -0.39 is 27.8 Å². The Balaban J connectivity index is 0.000000392. The van der Waals surface area contributed by atoms with Gasteiger partial charge in [0.15, 0.2) is 0 Å². The maximum Gasteiger partial charge on any atom is 0.410 e. The van der Waals surface area contributed by atoms with Gasteiger partial charge in [-0.2, -0.15) is 13.4 Å². The van der Waals surface area contributed by atoms with Crippen LogP contribution in [0.4, 0.5) is 19.5 Å². The van der Waals surface area contributed by atoms with E-state index >= 15 is 0 Å². The Hall–Kier alpha value is -4.58. The van der Waals surface area contributed by atoms with Crippen molar-refractivity contribution in [2.45, 2.75) is 75.7 Å². The molecule has 274 valence electrons. The van der Waals surface area contributed by atoms with Crippen molar-refractivity contribution >= 4 is 22.2 Å². The molecule has 0 aliphatic carbocycles. The molecule has 0 spiro atoms. The number of hydrogen-bond donors (Lipinski definition) is 2. The highest BCUT2D eigenvalue weighted by atomic mass is 32.2. The minimum atomic E-state index is -4.02. The number of amides is 1. The number of hydrogen-bond acceptors (Lipinski definition) is 12. The molecule has 2 atom stereocenters. The molecule has 14 nitrogen and oxygen atoms in total. The van der Waals surface area contributed by atoms with Crippen LogP contribution in [0.3, 0.4) is 0 Å². The molecule has 51 heavy (non-hydrogen) atoms. The first kappa shape index (κ1) is 37.7. The molecule has 3 N–H and O–H groups in total. The fraction of sp³-hybridized carbons (Fsp3) is 0.441. The van der Waals surface area contributed by atoms with Crippen LogP contribution in [0.1, 0.15) is 56.0 Å².